The van der Waals surface area contributed by atoms with Gasteiger partial charge in [-0.05, 0) is 37.0 Å². The second kappa shape index (κ2) is 6.36. The molecule has 0 saturated carbocycles. The summed E-state index contributed by atoms with van der Waals surface area (Å²) in [5, 5.41) is 11.5. The lowest BCUT2D eigenvalue weighted by Crippen LogP contribution is -2.35. The van der Waals surface area contributed by atoms with E-state index in [0.717, 1.165) is 24.8 Å². The minimum Gasteiger partial charge on any atom is -0.482 e. The molecular weight excluding hydrogens is 286 g/mol. The van der Waals surface area contributed by atoms with E-state index in [1.54, 1.807) is 18.2 Å². The number of aliphatic carboxylic acids is 1. The van der Waals surface area contributed by atoms with Gasteiger partial charge in [-0.25, -0.2) is 4.79 Å². The lowest BCUT2D eigenvalue weighted by Gasteiger charge is -2.18. The predicted octanol–water partition coefficient (Wildman–Crippen LogP) is 1.33. The molecule has 3 rings (SSSR count). The van der Waals surface area contributed by atoms with E-state index in [2.05, 4.69) is 5.32 Å². The summed E-state index contributed by atoms with van der Waals surface area (Å²) < 4.78 is 10.8. The van der Waals surface area contributed by atoms with Gasteiger partial charge in [-0.2, -0.15) is 0 Å². The molecule has 2 aliphatic heterocycles. The Morgan fingerprint density at radius 1 is 1.36 bits per heavy atom. The highest BCUT2D eigenvalue weighted by molar-refractivity contribution is 5.79. The average molecular weight is 305 g/mol. The molecule has 0 radical (unpaired) electrons. The Balaban J connectivity index is 1.51. The first-order valence-corrected chi connectivity index (χ1v) is 7.48. The number of carboxylic acids is 1. The smallest absolute Gasteiger partial charge is 0.341 e. The molecule has 1 aromatic rings. The molecule has 2 bridgehead atoms. The number of benzene rings is 1. The number of ether oxygens (including phenoxy) is 2. The standard InChI is InChI=1S/C16H19NO5/c18-15(19)9-21-11-3-1-2-10(6-11)8-17-16(20)13-7-12-4-5-14(13)22-12/h1-3,6,12-14H,4-5,7-9H2,(H,17,20)(H,18,19). The van der Waals surface area contributed by atoms with Gasteiger partial charge in [0.2, 0.25) is 5.91 Å². The number of carbonyl (C=O) groups is 2. The van der Waals surface area contributed by atoms with Crippen molar-refractivity contribution in [1.82, 2.24) is 5.32 Å². The van der Waals surface area contributed by atoms with E-state index in [4.69, 9.17) is 14.6 Å². The zero-order valence-electron chi connectivity index (χ0n) is 12.2. The van der Waals surface area contributed by atoms with Crippen molar-refractivity contribution >= 4 is 11.9 Å². The minimum absolute atomic E-state index is 0.0315. The van der Waals surface area contributed by atoms with Crippen LogP contribution in [-0.2, 0) is 20.9 Å². The van der Waals surface area contributed by atoms with Crippen LogP contribution in [0.2, 0.25) is 0 Å². The molecule has 0 spiro atoms. The monoisotopic (exact) mass is 305 g/mol. The molecule has 2 fully saturated rings. The maximum absolute atomic E-state index is 12.2. The summed E-state index contributed by atoms with van der Waals surface area (Å²) in [5.74, 6) is -0.540. The fourth-order valence-corrected chi connectivity index (χ4v) is 3.12. The minimum atomic E-state index is -1.02. The maximum atomic E-state index is 12.2. The number of amides is 1. The van der Waals surface area contributed by atoms with Gasteiger partial charge in [-0.1, -0.05) is 12.1 Å². The highest BCUT2D eigenvalue weighted by atomic mass is 16.5. The number of carboxylic acid groups (broad SMARTS) is 1. The zero-order valence-corrected chi connectivity index (χ0v) is 12.2. The van der Waals surface area contributed by atoms with Crippen molar-refractivity contribution in [2.45, 2.75) is 38.0 Å². The van der Waals surface area contributed by atoms with Gasteiger partial charge in [-0.15, -0.1) is 0 Å². The summed E-state index contributed by atoms with van der Waals surface area (Å²) in [5.41, 5.74) is 0.875. The zero-order chi connectivity index (χ0) is 15.5. The van der Waals surface area contributed by atoms with E-state index in [9.17, 15) is 9.59 Å². The van der Waals surface area contributed by atoms with Crippen molar-refractivity contribution in [2.24, 2.45) is 5.92 Å². The predicted molar refractivity (Wildman–Crippen MR) is 77.4 cm³/mol. The van der Waals surface area contributed by atoms with Crippen LogP contribution in [0.15, 0.2) is 24.3 Å². The Kier molecular flexibility index (Phi) is 4.29. The van der Waals surface area contributed by atoms with Crippen LogP contribution in [0.25, 0.3) is 0 Å². The Morgan fingerprint density at radius 2 is 2.23 bits per heavy atom. The van der Waals surface area contributed by atoms with E-state index >= 15 is 0 Å². The molecule has 3 unspecified atom stereocenters. The molecule has 3 atom stereocenters. The molecule has 2 heterocycles. The van der Waals surface area contributed by atoms with Crippen molar-refractivity contribution < 1.29 is 24.2 Å². The summed E-state index contributed by atoms with van der Waals surface area (Å²) in [6, 6.07) is 7.07. The van der Waals surface area contributed by atoms with Crippen molar-refractivity contribution in [2.75, 3.05) is 6.61 Å². The average Bonchev–Trinajstić information content (AvgIpc) is 3.14. The SMILES string of the molecule is O=C(O)COc1cccc(CNC(=O)C2CC3CCC2O3)c1. The fourth-order valence-electron chi connectivity index (χ4n) is 3.12. The van der Waals surface area contributed by atoms with E-state index in [1.165, 1.54) is 0 Å². The summed E-state index contributed by atoms with van der Waals surface area (Å²) in [6.07, 6.45) is 3.19. The molecule has 0 aromatic heterocycles. The second-order valence-electron chi connectivity index (χ2n) is 5.76. The third-order valence-corrected chi connectivity index (χ3v) is 4.17. The van der Waals surface area contributed by atoms with E-state index in [1.807, 2.05) is 6.07 Å². The van der Waals surface area contributed by atoms with Gasteiger partial charge in [0.25, 0.3) is 0 Å². The van der Waals surface area contributed by atoms with Gasteiger partial charge >= 0.3 is 5.97 Å². The molecule has 1 aromatic carbocycles. The number of hydrogen-bond donors (Lipinski definition) is 2. The molecule has 2 N–H and O–H groups in total. The van der Waals surface area contributed by atoms with Crippen molar-refractivity contribution in [3.8, 4) is 5.75 Å². The molecule has 2 aliphatic rings. The van der Waals surface area contributed by atoms with Crippen LogP contribution in [0.5, 0.6) is 5.75 Å². The number of carbonyl (C=O) groups excluding carboxylic acids is 1. The van der Waals surface area contributed by atoms with Crippen molar-refractivity contribution in [1.29, 1.82) is 0 Å². The summed E-state index contributed by atoms with van der Waals surface area (Å²) in [7, 11) is 0. The van der Waals surface area contributed by atoms with Gasteiger partial charge < -0.3 is 19.9 Å². The van der Waals surface area contributed by atoms with E-state index in [0.29, 0.717) is 12.3 Å². The number of hydrogen-bond acceptors (Lipinski definition) is 4. The summed E-state index contributed by atoms with van der Waals surface area (Å²) in [6.45, 7) is 0.0231. The topological polar surface area (TPSA) is 84.9 Å². The largest absolute Gasteiger partial charge is 0.482 e. The third kappa shape index (κ3) is 3.39. The van der Waals surface area contributed by atoms with Crippen LogP contribution in [-0.4, -0.2) is 35.8 Å². The second-order valence-corrected chi connectivity index (χ2v) is 5.76. The highest BCUT2D eigenvalue weighted by Gasteiger charge is 2.44. The van der Waals surface area contributed by atoms with E-state index < -0.39 is 5.97 Å². The van der Waals surface area contributed by atoms with Crippen LogP contribution >= 0.6 is 0 Å². The molecule has 6 heteroatoms. The molecule has 1 amide bonds. The van der Waals surface area contributed by atoms with Crippen molar-refractivity contribution in [3.63, 3.8) is 0 Å². The van der Waals surface area contributed by atoms with Crippen LogP contribution in [0.1, 0.15) is 24.8 Å². The van der Waals surface area contributed by atoms with Crippen LogP contribution in [0.4, 0.5) is 0 Å². The van der Waals surface area contributed by atoms with Gasteiger partial charge in [0.15, 0.2) is 6.61 Å². The molecule has 6 nitrogen and oxygen atoms in total. The molecule has 0 aliphatic carbocycles. The Labute approximate surface area is 128 Å². The quantitative estimate of drug-likeness (QED) is 0.828. The Bertz CT molecular complexity index is 573. The van der Waals surface area contributed by atoms with Gasteiger partial charge in [-0.3, -0.25) is 4.79 Å². The highest BCUT2D eigenvalue weighted by Crippen LogP contribution is 2.38. The number of rotatable bonds is 6. The molecule has 22 heavy (non-hydrogen) atoms. The van der Waals surface area contributed by atoms with Crippen LogP contribution in [0, 0.1) is 5.92 Å². The summed E-state index contributed by atoms with van der Waals surface area (Å²) in [4.78, 5) is 22.7. The number of nitrogens with one attached hydrogen (secondary N) is 1. The third-order valence-electron chi connectivity index (χ3n) is 4.17. The van der Waals surface area contributed by atoms with Crippen LogP contribution < -0.4 is 10.1 Å². The number of fused-ring (bicyclic) bond motifs is 2. The first-order chi connectivity index (χ1) is 10.6. The summed E-state index contributed by atoms with van der Waals surface area (Å²) >= 11 is 0. The first kappa shape index (κ1) is 14.8. The van der Waals surface area contributed by atoms with Gasteiger partial charge in [0, 0.05) is 6.54 Å². The van der Waals surface area contributed by atoms with E-state index in [-0.39, 0.29) is 30.6 Å². The normalized spacial score (nSPS) is 25.9. The van der Waals surface area contributed by atoms with Gasteiger partial charge in [0.05, 0.1) is 18.1 Å². The lowest BCUT2D eigenvalue weighted by atomic mass is 9.88. The Morgan fingerprint density at radius 3 is 2.91 bits per heavy atom. The Hall–Kier alpha value is -2.08. The van der Waals surface area contributed by atoms with Gasteiger partial charge in [0.1, 0.15) is 5.75 Å². The van der Waals surface area contributed by atoms with Crippen molar-refractivity contribution in [3.05, 3.63) is 29.8 Å². The maximum Gasteiger partial charge on any atom is 0.341 e. The van der Waals surface area contributed by atoms with Crippen LogP contribution in [0.3, 0.4) is 0 Å². The lowest BCUT2D eigenvalue weighted by molar-refractivity contribution is -0.139. The first-order valence-electron chi connectivity index (χ1n) is 7.48. The molecule has 118 valence electrons. The molecular formula is C16H19NO5. The fraction of sp³-hybridized carbons (Fsp3) is 0.500. The molecule has 2 saturated heterocycles.